The number of carbonyl (C=O) groups excluding carboxylic acids is 1. The quantitative estimate of drug-likeness (QED) is 0.620. The zero-order valence-electron chi connectivity index (χ0n) is 6.74. The number of hydrogen-bond acceptors (Lipinski definition) is 3. The molecule has 1 N–H and O–H groups in total. The number of aliphatic carboxylic acids is 1. The Hall–Kier alpha value is -1.32. The highest BCUT2D eigenvalue weighted by Gasteiger charge is 2.21. The van der Waals surface area contributed by atoms with Crippen molar-refractivity contribution in [2.45, 2.75) is 25.9 Å². The number of carbonyl (C=O) groups is 2. The van der Waals surface area contributed by atoms with Crippen LogP contribution in [0.1, 0.15) is 19.8 Å². The molecule has 1 atom stereocenters. The van der Waals surface area contributed by atoms with Crippen LogP contribution in [0.3, 0.4) is 0 Å². The van der Waals surface area contributed by atoms with Gasteiger partial charge < -0.3 is 9.84 Å². The molecule has 0 saturated carbocycles. The van der Waals surface area contributed by atoms with Crippen LogP contribution >= 0.6 is 0 Å². The monoisotopic (exact) mass is 170 g/mol. The Balaban J connectivity index is 2.53. The van der Waals surface area contributed by atoms with Gasteiger partial charge in [-0.15, -0.1) is 0 Å². The van der Waals surface area contributed by atoms with Crippen LogP contribution in [0.25, 0.3) is 0 Å². The van der Waals surface area contributed by atoms with Crippen LogP contribution in [0.4, 0.5) is 0 Å². The molecule has 0 amide bonds. The van der Waals surface area contributed by atoms with Crippen molar-refractivity contribution in [3.05, 3.63) is 11.6 Å². The van der Waals surface area contributed by atoms with Gasteiger partial charge in [-0.05, 0) is 18.9 Å². The molecule has 1 unspecified atom stereocenters. The van der Waals surface area contributed by atoms with Gasteiger partial charge in [0, 0.05) is 12.5 Å². The zero-order chi connectivity index (χ0) is 9.14. The van der Waals surface area contributed by atoms with Crippen molar-refractivity contribution in [1.82, 2.24) is 0 Å². The molecule has 1 rings (SSSR count). The third-order valence-electron chi connectivity index (χ3n) is 1.68. The van der Waals surface area contributed by atoms with E-state index in [0.29, 0.717) is 18.4 Å². The van der Waals surface area contributed by atoms with Gasteiger partial charge in [0.05, 0.1) is 0 Å². The minimum absolute atomic E-state index is 0.334. The summed E-state index contributed by atoms with van der Waals surface area (Å²) in [6.45, 7) is 1.31. The van der Waals surface area contributed by atoms with E-state index in [2.05, 4.69) is 0 Å². The molecule has 0 saturated heterocycles. The molecule has 4 heteroatoms. The third kappa shape index (κ3) is 2.08. The molecule has 1 aliphatic rings. The second-order valence-electron chi connectivity index (χ2n) is 2.68. The highest BCUT2D eigenvalue weighted by molar-refractivity contribution is 5.87. The topological polar surface area (TPSA) is 63.6 Å². The van der Waals surface area contributed by atoms with Crippen LogP contribution in [-0.4, -0.2) is 23.1 Å². The smallest absolute Gasteiger partial charge is 0.331 e. The first kappa shape index (κ1) is 8.77. The minimum atomic E-state index is -0.926. The van der Waals surface area contributed by atoms with Crippen LogP contribution < -0.4 is 0 Å². The van der Waals surface area contributed by atoms with Crippen molar-refractivity contribution in [2.75, 3.05) is 0 Å². The lowest BCUT2D eigenvalue weighted by molar-refractivity contribution is -0.144. The number of ether oxygens (including phenoxy) is 1. The molecular weight excluding hydrogens is 160 g/mol. The van der Waals surface area contributed by atoms with E-state index in [1.54, 1.807) is 0 Å². The van der Waals surface area contributed by atoms with Crippen LogP contribution in [0, 0.1) is 0 Å². The second-order valence-corrected chi connectivity index (χ2v) is 2.68. The van der Waals surface area contributed by atoms with Gasteiger partial charge in [0.2, 0.25) is 0 Å². The Labute approximate surface area is 69.8 Å². The summed E-state index contributed by atoms with van der Waals surface area (Å²) < 4.78 is 4.81. The van der Waals surface area contributed by atoms with Gasteiger partial charge in [-0.1, -0.05) is 0 Å². The van der Waals surface area contributed by atoms with E-state index in [-0.39, 0.29) is 12.1 Å². The normalized spacial score (nSPS) is 21.8. The van der Waals surface area contributed by atoms with E-state index < -0.39 is 5.97 Å². The predicted octanol–water partition coefficient (Wildman–Crippen LogP) is 0.723. The zero-order valence-corrected chi connectivity index (χ0v) is 6.74. The molecule has 0 fully saturated rings. The fraction of sp³-hybridized carbons (Fsp3) is 0.500. The molecule has 12 heavy (non-hydrogen) atoms. The van der Waals surface area contributed by atoms with E-state index in [1.165, 1.54) is 13.0 Å². The minimum Gasteiger partial charge on any atom is -0.478 e. The fourth-order valence-corrected chi connectivity index (χ4v) is 1.17. The summed E-state index contributed by atoms with van der Waals surface area (Å²) in [5, 5.41) is 8.56. The summed E-state index contributed by atoms with van der Waals surface area (Å²) in [4.78, 5) is 20.9. The van der Waals surface area contributed by atoms with Crippen LogP contribution in [0.15, 0.2) is 11.6 Å². The maximum absolute atomic E-state index is 10.5. The largest absolute Gasteiger partial charge is 0.478 e. The Morgan fingerprint density at radius 1 is 1.67 bits per heavy atom. The summed E-state index contributed by atoms with van der Waals surface area (Å²) in [6, 6.07) is 0. The summed E-state index contributed by atoms with van der Waals surface area (Å²) in [5.74, 6) is -1.30. The van der Waals surface area contributed by atoms with Crippen LogP contribution in [0.2, 0.25) is 0 Å². The van der Waals surface area contributed by atoms with E-state index in [0.717, 1.165) is 0 Å². The highest BCUT2D eigenvalue weighted by atomic mass is 16.5. The highest BCUT2D eigenvalue weighted by Crippen LogP contribution is 2.20. The number of carboxylic acids is 1. The fourth-order valence-electron chi connectivity index (χ4n) is 1.17. The first-order valence-electron chi connectivity index (χ1n) is 3.71. The Morgan fingerprint density at radius 3 is 2.75 bits per heavy atom. The van der Waals surface area contributed by atoms with Gasteiger partial charge in [0.1, 0.15) is 6.10 Å². The van der Waals surface area contributed by atoms with E-state index in [4.69, 9.17) is 9.84 Å². The van der Waals surface area contributed by atoms with E-state index in [1.807, 2.05) is 0 Å². The number of esters is 1. The molecule has 0 spiro atoms. The predicted molar refractivity (Wildman–Crippen MR) is 40.5 cm³/mol. The second kappa shape index (κ2) is 3.38. The van der Waals surface area contributed by atoms with Crippen molar-refractivity contribution in [3.8, 4) is 0 Å². The molecule has 0 aromatic rings. The van der Waals surface area contributed by atoms with Crippen LogP contribution in [0.5, 0.6) is 0 Å². The number of hydrogen-bond donors (Lipinski definition) is 1. The van der Waals surface area contributed by atoms with Gasteiger partial charge in [0.15, 0.2) is 0 Å². The first-order chi connectivity index (χ1) is 5.59. The lowest BCUT2D eigenvalue weighted by atomic mass is 10.2. The van der Waals surface area contributed by atoms with Gasteiger partial charge >= 0.3 is 11.9 Å². The third-order valence-corrected chi connectivity index (χ3v) is 1.68. The summed E-state index contributed by atoms with van der Waals surface area (Å²) in [5.41, 5.74) is 0.334. The summed E-state index contributed by atoms with van der Waals surface area (Å²) >= 11 is 0. The van der Waals surface area contributed by atoms with Crippen molar-refractivity contribution < 1.29 is 19.4 Å². The van der Waals surface area contributed by atoms with Crippen LogP contribution in [-0.2, 0) is 14.3 Å². The Bertz CT molecular complexity index is 241. The molecule has 66 valence electrons. The van der Waals surface area contributed by atoms with E-state index in [9.17, 15) is 9.59 Å². The van der Waals surface area contributed by atoms with Gasteiger partial charge in [-0.25, -0.2) is 4.79 Å². The molecular formula is C8H10O4. The van der Waals surface area contributed by atoms with Gasteiger partial charge in [0.25, 0.3) is 0 Å². The van der Waals surface area contributed by atoms with Crippen molar-refractivity contribution in [2.24, 2.45) is 0 Å². The summed E-state index contributed by atoms with van der Waals surface area (Å²) in [6.07, 6.45) is 2.21. The van der Waals surface area contributed by atoms with Gasteiger partial charge in [-0.3, -0.25) is 4.79 Å². The number of carboxylic acid groups (broad SMARTS) is 1. The molecule has 0 radical (unpaired) electrons. The molecule has 0 bridgehead atoms. The lowest BCUT2D eigenvalue weighted by Gasteiger charge is -2.05. The average molecular weight is 170 g/mol. The first-order valence-corrected chi connectivity index (χ1v) is 3.71. The molecule has 4 nitrogen and oxygen atoms in total. The van der Waals surface area contributed by atoms with Crippen molar-refractivity contribution in [1.29, 1.82) is 0 Å². The van der Waals surface area contributed by atoms with E-state index >= 15 is 0 Å². The SMILES string of the molecule is CC(=O)OC1C=C(C(=O)O)CC1. The lowest BCUT2D eigenvalue weighted by Crippen LogP contribution is -2.10. The summed E-state index contributed by atoms with van der Waals surface area (Å²) in [7, 11) is 0. The number of rotatable bonds is 2. The average Bonchev–Trinajstić information content (AvgIpc) is 2.34. The molecule has 0 heterocycles. The molecule has 1 aliphatic carbocycles. The van der Waals surface area contributed by atoms with Crippen molar-refractivity contribution >= 4 is 11.9 Å². The Morgan fingerprint density at radius 2 is 2.33 bits per heavy atom. The molecule has 0 aromatic carbocycles. The maximum atomic E-state index is 10.5. The van der Waals surface area contributed by atoms with Gasteiger partial charge in [-0.2, -0.15) is 0 Å². The standard InChI is InChI=1S/C8H10O4/c1-5(9)12-7-3-2-6(4-7)8(10)11/h4,7H,2-3H2,1H3,(H,10,11). The molecule has 0 aromatic heterocycles. The Kier molecular flexibility index (Phi) is 2.47. The van der Waals surface area contributed by atoms with Crippen molar-refractivity contribution in [3.63, 3.8) is 0 Å². The molecule has 0 aliphatic heterocycles. The maximum Gasteiger partial charge on any atom is 0.331 e.